The lowest BCUT2D eigenvalue weighted by molar-refractivity contribution is -0.274. The normalized spacial score (nSPS) is 10.8. The lowest BCUT2D eigenvalue weighted by Crippen LogP contribution is -2.17. The van der Waals surface area contributed by atoms with Crippen molar-refractivity contribution < 1.29 is 17.9 Å². The Bertz CT molecular complexity index is 695. The fourth-order valence-electron chi connectivity index (χ4n) is 1.61. The molecule has 2 aromatic rings. The molecule has 0 aliphatic carbocycles. The second-order valence-corrected chi connectivity index (χ2v) is 4.86. The van der Waals surface area contributed by atoms with Gasteiger partial charge in [-0.15, -0.1) is 13.2 Å². The maximum absolute atomic E-state index is 12.2. The van der Waals surface area contributed by atoms with Gasteiger partial charge >= 0.3 is 6.36 Å². The number of nitriles is 1. The summed E-state index contributed by atoms with van der Waals surface area (Å²) >= 11 is 3.29. The molecule has 0 aromatic heterocycles. The number of nitrogens with one attached hydrogen (secondary N) is 1. The van der Waals surface area contributed by atoms with Gasteiger partial charge in [-0.1, -0.05) is 6.07 Å². The Hall–Kier alpha value is -2.20. The third kappa shape index (κ3) is 4.39. The number of hydrogen-bond donors (Lipinski definition) is 1. The Balaban J connectivity index is 2.20. The van der Waals surface area contributed by atoms with Crippen LogP contribution in [0.5, 0.6) is 5.75 Å². The molecular formula is C14H8BrF3N2O. The molecule has 108 valence electrons. The highest BCUT2D eigenvalue weighted by atomic mass is 79.9. The van der Waals surface area contributed by atoms with E-state index in [-0.39, 0.29) is 5.75 Å². The molecule has 0 spiro atoms. The van der Waals surface area contributed by atoms with Gasteiger partial charge in [0.2, 0.25) is 0 Å². The van der Waals surface area contributed by atoms with Crippen molar-refractivity contribution in [2.75, 3.05) is 5.32 Å². The molecule has 7 heteroatoms. The summed E-state index contributed by atoms with van der Waals surface area (Å²) < 4.78 is 41.0. The molecule has 2 rings (SSSR count). The molecule has 0 saturated heterocycles. The van der Waals surface area contributed by atoms with Crippen LogP contribution in [0.3, 0.4) is 0 Å². The third-order valence-corrected chi connectivity index (χ3v) is 3.10. The molecule has 0 unspecified atom stereocenters. The number of nitrogens with zero attached hydrogens (tertiary/aromatic N) is 1. The summed E-state index contributed by atoms with van der Waals surface area (Å²) in [7, 11) is 0. The van der Waals surface area contributed by atoms with E-state index >= 15 is 0 Å². The molecular weight excluding hydrogens is 349 g/mol. The van der Waals surface area contributed by atoms with Crippen molar-refractivity contribution in [1.82, 2.24) is 0 Å². The topological polar surface area (TPSA) is 45.0 Å². The van der Waals surface area contributed by atoms with E-state index in [2.05, 4.69) is 26.0 Å². The van der Waals surface area contributed by atoms with Crippen LogP contribution in [0.15, 0.2) is 46.9 Å². The third-order valence-electron chi connectivity index (χ3n) is 2.44. The quantitative estimate of drug-likeness (QED) is 0.844. The van der Waals surface area contributed by atoms with Crippen molar-refractivity contribution in [3.05, 3.63) is 52.5 Å². The van der Waals surface area contributed by atoms with Gasteiger partial charge < -0.3 is 10.1 Å². The summed E-state index contributed by atoms with van der Waals surface area (Å²) in [6.45, 7) is 0. The van der Waals surface area contributed by atoms with Gasteiger partial charge in [0.25, 0.3) is 0 Å². The average Bonchev–Trinajstić information content (AvgIpc) is 2.39. The zero-order chi connectivity index (χ0) is 15.5. The van der Waals surface area contributed by atoms with Crippen molar-refractivity contribution in [3.63, 3.8) is 0 Å². The fourth-order valence-corrected chi connectivity index (χ4v) is 2.09. The summed E-state index contributed by atoms with van der Waals surface area (Å²) in [5.41, 5.74) is 1.53. The van der Waals surface area contributed by atoms with Crippen molar-refractivity contribution in [1.29, 1.82) is 5.26 Å². The zero-order valence-corrected chi connectivity index (χ0v) is 12.0. The van der Waals surface area contributed by atoms with E-state index in [1.54, 1.807) is 24.3 Å². The second kappa shape index (κ2) is 6.06. The molecule has 0 saturated carbocycles. The number of halogens is 4. The highest BCUT2D eigenvalue weighted by Crippen LogP contribution is 2.30. The van der Waals surface area contributed by atoms with Gasteiger partial charge in [-0.2, -0.15) is 5.26 Å². The van der Waals surface area contributed by atoms with Gasteiger partial charge in [0.15, 0.2) is 0 Å². The Labute approximate surface area is 127 Å². The summed E-state index contributed by atoms with van der Waals surface area (Å²) in [6.07, 6.45) is -4.73. The molecule has 2 aromatic carbocycles. The molecule has 0 aliphatic rings. The molecule has 0 heterocycles. The smallest absolute Gasteiger partial charge is 0.406 e. The first-order valence-electron chi connectivity index (χ1n) is 5.70. The molecule has 3 nitrogen and oxygen atoms in total. The van der Waals surface area contributed by atoms with E-state index in [9.17, 15) is 13.2 Å². The lowest BCUT2D eigenvalue weighted by Gasteiger charge is -2.12. The highest BCUT2D eigenvalue weighted by molar-refractivity contribution is 9.10. The van der Waals surface area contributed by atoms with Crippen LogP contribution >= 0.6 is 15.9 Å². The Morgan fingerprint density at radius 3 is 2.52 bits per heavy atom. The molecule has 0 radical (unpaired) electrons. The predicted molar refractivity (Wildman–Crippen MR) is 75.3 cm³/mol. The van der Waals surface area contributed by atoms with Crippen LogP contribution in [0, 0.1) is 11.3 Å². The number of benzene rings is 2. The SMILES string of the molecule is N#Cc1ccc(Nc2cccc(OC(F)(F)F)c2)c(Br)c1. The standard InChI is InChI=1S/C14H8BrF3N2O/c15-12-6-9(8-19)4-5-13(12)20-10-2-1-3-11(7-10)21-14(16,17)18/h1-7,20H. The Kier molecular flexibility index (Phi) is 4.38. The minimum absolute atomic E-state index is 0.308. The van der Waals surface area contributed by atoms with Crippen molar-refractivity contribution in [2.24, 2.45) is 0 Å². The number of rotatable bonds is 3. The van der Waals surface area contributed by atoms with Crippen molar-refractivity contribution in [2.45, 2.75) is 6.36 Å². The largest absolute Gasteiger partial charge is 0.573 e. The zero-order valence-electron chi connectivity index (χ0n) is 10.4. The van der Waals surface area contributed by atoms with Gasteiger partial charge in [0.1, 0.15) is 5.75 Å². The van der Waals surface area contributed by atoms with Crippen LogP contribution < -0.4 is 10.1 Å². The fraction of sp³-hybridized carbons (Fsp3) is 0.0714. The summed E-state index contributed by atoms with van der Waals surface area (Å²) in [4.78, 5) is 0. The Morgan fingerprint density at radius 1 is 1.14 bits per heavy atom. The number of ether oxygens (including phenoxy) is 1. The van der Waals surface area contributed by atoms with E-state index in [0.717, 1.165) is 0 Å². The first-order chi connectivity index (χ1) is 9.87. The maximum Gasteiger partial charge on any atom is 0.573 e. The summed E-state index contributed by atoms with van der Waals surface area (Å²) in [5, 5.41) is 11.7. The number of alkyl halides is 3. The average molecular weight is 357 g/mol. The van der Waals surface area contributed by atoms with Gasteiger partial charge in [-0.05, 0) is 46.3 Å². The summed E-state index contributed by atoms with van der Waals surface area (Å²) in [5.74, 6) is -0.308. The molecule has 1 N–H and O–H groups in total. The van der Waals surface area contributed by atoms with E-state index < -0.39 is 6.36 Å². The van der Waals surface area contributed by atoms with E-state index in [0.29, 0.717) is 21.4 Å². The van der Waals surface area contributed by atoms with Gasteiger partial charge in [-0.3, -0.25) is 0 Å². The predicted octanol–water partition coefficient (Wildman–Crippen LogP) is 4.96. The minimum atomic E-state index is -4.73. The van der Waals surface area contributed by atoms with Crippen molar-refractivity contribution >= 4 is 27.3 Å². The van der Waals surface area contributed by atoms with Crippen LogP contribution in [0.1, 0.15) is 5.56 Å². The second-order valence-electron chi connectivity index (χ2n) is 4.01. The van der Waals surface area contributed by atoms with E-state index in [4.69, 9.17) is 5.26 Å². The monoisotopic (exact) mass is 356 g/mol. The van der Waals surface area contributed by atoms with Crippen LogP contribution in [-0.2, 0) is 0 Å². The number of anilines is 2. The molecule has 0 bridgehead atoms. The van der Waals surface area contributed by atoms with Gasteiger partial charge in [0, 0.05) is 16.2 Å². The molecule has 0 atom stereocenters. The Morgan fingerprint density at radius 2 is 1.90 bits per heavy atom. The first-order valence-corrected chi connectivity index (χ1v) is 6.49. The highest BCUT2D eigenvalue weighted by Gasteiger charge is 2.31. The maximum atomic E-state index is 12.2. The van der Waals surface area contributed by atoms with Crippen LogP contribution in [-0.4, -0.2) is 6.36 Å². The molecule has 0 aliphatic heterocycles. The minimum Gasteiger partial charge on any atom is -0.406 e. The van der Waals surface area contributed by atoms with E-state index in [1.807, 2.05) is 6.07 Å². The molecule has 21 heavy (non-hydrogen) atoms. The van der Waals surface area contributed by atoms with Crippen LogP contribution in [0.2, 0.25) is 0 Å². The molecule has 0 amide bonds. The van der Waals surface area contributed by atoms with Crippen LogP contribution in [0.25, 0.3) is 0 Å². The lowest BCUT2D eigenvalue weighted by atomic mass is 10.2. The summed E-state index contributed by atoms with van der Waals surface area (Å²) in [6, 6.07) is 12.4. The van der Waals surface area contributed by atoms with Gasteiger partial charge in [0.05, 0.1) is 17.3 Å². The molecule has 0 fully saturated rings. The van der Waals surface area contributed by atoms with Crippen LogP contribution in [0.4, 0.5) is 24.5 Å². The van der Waals surface area contributed by atoms with Gasteiger partial charge in [-0.25, -0.2) is 0 Å². The van der Waals surface area contributed by atoms with E-state index in [1.165, 1.54) is 18.2 Å². The van der Waals surface area contributed by atoms with Crippen molar-refractivity contribution in [3.8, 4) is 11.8 Å². The number of hydrogen-bond acceptors (Lipinski definition) is 3. The first kappa shape index (κ1) is 15.2.